The number of aliphatic carboxylic acids is 1. The van der Waals surface area contributed by atoms with E-state index in [9.17, 15) is 4.79 Å². The van der Waals surface area contributed by atoms with E-state index in [2.05, 4.69) is 4.98 Å². The van der Waals surface area contributed by atoms with Gasteiger partial charge in [-0.15, -0.1) is 0 Å². The van der Waals surface area contributed by atoms with E-state index < -0.39 is 12.1 Å². The quantitative estimate of drug-likeness (QED) is 0.758. The van der Waals surface area contributed by atoms with Crippen molar-refractivity contribution in [1.82, 2.24) is 9.55 Å². The molecule has 0 saturated carbocycles. The van der Waals surface area contributed by atoms with E-state index in [4.69, 9.17) is 9.84 Å². The molecule has 14 heavy (non-hydrogen) atoms. The van der Waals surface area contributed by atoms with Crippen LogP contribution < -0.4 is 0 Å². The molecule has 5 heteroatoms. The fraction of sp³-hybridized carbons (Fsp3) is 0.556. The molecule has 76 valence electrons. The summed E-state index contributed by atoms with van der Waals surface area (Å²) in [5.74, 6) is -0.811. The molecule has 1 aliphatic heterocycles. The molecule has 2 heterocycles. The van der Waals surface area contributed by atoms with Crippen LogP contribution in [0.2, 0.25) is 0 Å². The van der Waals surface area contributed by atoms with Crippen LogP contribution in [0, 0.1) is 5.92 Å². The molecule has 2 rings (SSSR count). The van der Waals surface area contributed by atoms with Crippen molar-refractivity contribution in [2.75, 3.05) is 6.61 Å². The lowest BCUT2D eigenvalue weighted by molar-refractivity contribution is -0.149. The van der Waals surface area contributed by atoms with Crippen molar-refractivity contribution < 1.29 is 14.6 Å². The molecule has 1 aromatic rings. The van der Waals surface area contributed by atoms with Crippen LogP contribution in [0.3, 0.4) is 0 Å². The van der Waals surface area contributed by atoms with Gasteiger partial charge in [0.15, 0.2) is 6.10 Å². The lowest BCUT2D eigenvalue weighted by Gasteiger charge is -2.14. The molecule has 5 nitrogen and oxygen atoms in total. The maximum Gasteiger partial charge on any atom is 0.333 e. The van der Waals surface area contributed by atoms with Crippen LogP contribution in [0.25, 0.3) is 0 Å². The first-order chi connectivity index (χ1) is 6.77. The third-order valence-corrected chi connectivity index (χ3v) is 2.46. The Bertz CT molecular complexity index is 310. The van der Waals surface area contributed by atoms with Crippen molar-refractivity contribution in [2.24, 2.45) is 5.92 Å². The van der Waals surface area contributed by atoms with Crippen LogP contribution in [0.1, 0.15) is 6.42 Å². The maximum absolute atomic E-state index is 10.8. The Morgan fingerprint density at radius 2 is 2.57 bits per heavy atom. The van der Waals surface area contributed by atoms with Crippen molar-refractivity contribution in [3.63, 3.8) is 0 Å². The molecule has 1 aliphatic rings. The number of imidazole rings is 1. The zero-order valence-electron chi connectivity index (χ0n) is 7.67. The monoisotopic (exact) mass is 196 g/mol. The third kappa shape index (κ3) is 1.77. The first kappa shape index (κ1) is 9.21. The van der Waals surface area contributed by atoms with E-state index in [1.165, 1.54) is 0 Å². The van der Waals surface area contributed by atoms with Gasteiger partial charge >= 0.3 is 5.97 Å². The molecule has 1 aromatic heterocycles. The molecule has 2 atom stereocenters. The number of hydrogen-bond acceptors (Lipinski definition) is 3. The number of carboxylic acid groups (broad SMARTS) is 1. The highest BCUT2D eigenvalue weighted by Gasteiger charge is 2.33. The van der Waals surface area contributed by atoms with E-state index in [0.29, 0.717) is 13.2 Å². The van der Waals surface area contributed by atoms with Gasteiger partial charge < -0.3 is 14.4 Å². The minimum atomic E-state index is -0.868. The van der Waals surface area contributed by atoms with Crippen LogP contribution >= 0.6 is 0 Å². The lowest BCUT2D eigenvalue weighted by Crippen LogP contribution is -2.28. The highest BCUT2D eigenvalue weighted by molar-refractivity contribution is 5.73. The third-order valence-electron chi connectivity index (χ3n) is 2.46. The molecule has 0 radical (unpaired) electrons. The van der Waals surface area contributed by atoms with Gasteiger partial charge in [-0.25, -0.2) is 9.78 Å². The second kappa shape index (κ2) is 3.79. The summed E-state index contributed by atoms with van der Waals surface area (Å²) in [4.78, 5) is 14.7. The van der Waals surface area contributed by atoms with Gasteiger partial charge in [0, 0.05) is 31.5 Å². The molecule has 0 aliphatic carbocycles. The highest BCUT2D eigenvalue weighted by Crippen LogP contribution is 2.22. The first-order valence-corrected chi connectivity index (χ1v) is 4.57. The van der Waals surface area contributed by atoms with E-state index in [-0.39, 0.29) is 5.92 Å². The van der Waals surface area contributed by atoms with Crippen LogP contribution in [0.4, 0.5) is 0 Å². The predicted octanol–water partition coefficient (Wildman–Crippen LogP) is 0.373. The summed E-state index contributed by atoms with van der Waals surface area (Å²) in [6.45, 7) is 1.20. The molecule has 0 unspecified atom stereocenters. The molecule has 1 N–H and O–H groups in total. The van der Waals surface area contributed by atoms with Crippen LogP contribution in [-0.4, -0.2) is 33.3 Å². The number of hydrogen-bond donors (Lipinski definition) is 1. The number of carboxylic acids is 1. The largest absolute Gasteiger partial charge is 0.479 e. The highest BCUT2D eigenvalue weighted by atomic mass is 16.5. The van der Waals surface area contributed by atoms with E-state index in [0.717, 1.165) is 6.42 Å². The van der Waals surface area contributed by atoms with Crippen molar-refractivity contribution >= 4 is 5.97 Å². The summed E-state index contributed by atoms with van der Waals surface area (Å²) in [6, 6.07) is 0. The minimum absolute atomic E-state index is 0.0571. The second-order valence-corrected chi connectivity index (χ2v) is 3.44. The normalized spacial score (nSPS) is 26.6. The average molecular weight is 196 g/mol. The van der Waals surface area contributed by atoms with Crippen LogP contribution in [0.15, 0.2) is 18.7 Å². The maximum atomic E-state index is 10.8. The van der Waals surface area contributed by atoms with E-state index in [1.807, 2.05) is 10.8 Å². The van der Waals surface area contributed by atoms with Gasteiger partial charge in [0.25, 0.3) is 0 Å². The van der Waals surface area contributed by atoms with Crippen LogP contribution in [-0.2, 0) is 16.1 Å². The van der Waals surface area contributed by atoms with Gasteiger partial charge in [-0.05, 0) is 6.42 Å². The van der Waals surface area contributed by atoms with E-state index >= 15 is 0 Å². The molecule has 1 saturated heterocycles. The zero-order chi connectivity index (χ0) is 9.97. The minimum Gasteiger partial charge on any atom is -0.479 e. The molecule has 0 bridgehead atoms. The number of ether oxygens (including phenoxy) is 1. The number of rotatable bonds is 3. The van der Waals surface area contributed by atoms with E-state index in [1.54, 1.807) is 12.5 Å². The molecule has 1 fully saturated rings. The summed E-state index contributed by atoms with van der Waals surface area (Å²) < 4.78 is 7.03. The number of aromatic nitrogens is 2. The van der Waals surface area contributed by atoms with Crippen molar-refractivity contribution in [3.8, 4) is 0 Å². The molecule has 0 spiro atoms. The van der Waals surface area contributed by atoms with Gasteiger partial charge in [0.05, 0.1) is 6.33 Å². The van der Waals surface area contributed by atoms with Crippen molar-refractivity contribution in [2.45, 2.75) is 19.1 Å². The Hall–Kier alpha value is -1.36. The summed E-state index contributed by atoms with van der Waals surface area (Å²) in [5.41, 5.74) is 0. The van der Waals surface area contributed by atoms with Gasteiger partial charge in [0.2, 0.25) is 0 Å². The summed E-state index contributed by atoms with van der Waals surface area (Å²) in [7, 11) is 0. The summed E-state index contributed by atoms with van der Waals surface area (Å²) in [5, 5.41) is 8.86. The smallest absolute Gasteiger partial charge is 0.333 e. The topological polar surface area (TPSA) is 64.3 Å². The Labute approximate surface area is 81.3 Å². The Morgan fingerprint density at radius 1 is 1.71 bits per heavy atom. The van der Waals surface area contributed by atoms with Crippen LogP contribution in [0.5, 0.6) is 0 Å². The van der Waals surface area contributed by atoms with Gasteiger partial charge in [-0.1, -0.05) is 0 Å². The fourth-order valence-electron chi connectivity index (χ4n) is 1.76. The number of nitrogens with zero attached hydrogens (tertiary/aromatic N) is 2. The van der Waals surface area contributed by atoms with Gasteiger partial charge in [0.1, 0.15) is 0 Å². The Morgan fingerprint density at radius 3 is 3.21 bits per heavy atom. The summed E-state index contributed by atoms with van der Waals surface area (Å²) in [6.07, 6.45) is 5.35. The van der Waals surface area contributed by atoms with Crippen molar-refractivity contribution in [1.29, 1.82) is 0 Å². The second-order valence-electron chi connectivity index (χ2n) is 3.44. The average Bonchev–Trinajstić information content (AvgIpc) is 2.75. The molecule has 0 aromatic carbocycles. The fourth-order valence-corrected chi connectivity index (χ4v) is 1.76. The molecular weight excluding hydrogens is 184 g/mol. The van der Waals surface area contributed by atoms with Gasteiger partial charge in [-0.2, -0.15) is 0 Å². The van der Waals surface area contributed by atoms with Crippen molar-refractivity contribution in [3.05, 3.63) is 18.7 Å². The SMILES string of the molecule is O=C(O)[C@@H]1OCC[C@@H]1Cn1ccnc1. The summed E-state index contributed by atoms with van der Waals surface area (Å²) >= 11 is 0. The molecule has 0 amide bonds. The predicted molar refractivity (Wildman–Crippen MR) is 47.7 cm³/mol. The Balaban J connectivity index is 2.00. The molecular formula is C9H12N2O3. The number of carbonyl (C=O) groups is 1. The standard InChI is InChI=1S/C9H12N2O3/c12-9(13)8-7(1-4-14-8)5-11-3-2-10-6-11/h2-3,6-8H,1,4-5H2,(H,12,13)/t7-,8-/m1/s1. The zero-order valence-corrected chi connectivity index (χ0v) is 7.67. The first-order valence-electron chi connectivity index (χ1n) is 4.57. The Kier molecular flexibility index (Phi) is 2.49. The van der Waals surface area contributed by atoms with Gasteiger partial charge in [-0.3, -0.25) is 0 Å². The lowest BCUT2D eigenvalue weighted by atomic mass is 10.0.